The number of nitrogens with one attached hydrogen (secondary N) is 2. The number of benzene rings is 1. The van der Waals surface area contributed by atoms with Crippen LogP contribution in [0.15, 0.2) is 12.1 Å². The standard InChI is InChI=1S/C19H30N2O/c1-12-10-14(3)18(15(4)11-12)21-19(22)16(5)20-17-9-7-6-8-13(17)2/h10-11,13,16-17,20H,6-9H2,1-5H3,(H,21,22)/t13-,16-,17+/m0/s1. The predicted molar refractivity (Wildman–Crippen MR) is 93.3 cm³/mol. The molecule has 1 aliphatic rings. The molecule has 0 saturated heterocycles. The zero-order valence-electron chi connectivity index (χ0n) is 14.6. The van der Waals surface area contributed by atoms with Gasteiger partial charge in [0.25, 0.3) is 0 Å². The first-order chi connectivity index (χ1) is 10.4. The Morgan fingerprint density at radius 1 is 1.14 bits per heavy atom. The number of carbonyl (C=O) groups excluding carboxylic acids is 1. The summed E-state index contributed by atoms with van der Waals surface area (Å²) < 4.78 is 0. The first-order valence-corrected chi connectivity index (χ1v) is 8.53. The summed E-state index contributed by atoms with van der Waals surface area (Å²) in [4.78, 5) is 12.5. The average molecular weight is 302 g/mol. The molecule has 3 heteroatoms. The molecule has 1 aliphatic carbocycles. The molecule has 22 heavy (non-hydrogen) atoms. The summed E-state index contributed by atoms with van der Waals surface area (Å²) in [6.07, 6.45) is 5.04. The van der Waals surface area contributed by atoms with E-state index in [4.69, 9.17) is 0 Å². The second-order valence-corrected chi connectivity index (χ2v) is 7.02. The predicted octanol–water partition coefficient (Wildman–Crippen LogP) is 4.11. The van der Waals surface area contributed by atoms with E-state index in [0.29, 0.717) is 12.0 Å². The van der Waals surface area contributed by atoms with Gasteiger partial charge in [-0.05, 0) is 57.6 Å². The smallest absolute Gasteiger partial charge is 0.241 e. The molecule has 1 aromatic rings. The van der Waals surface area contributed by atoms with Gasteiger partial charge in [-0.2, -0.15) is 0 Å². The van der Waals surface area contributed by atoms with Crippen LogP contribution in [0.2, 0.25) is 0 Å². The highest BCUT2D eigenvalue weighted by Crippen LogP contribution is 2.25. The fourth-order valence-electron chi connectivity index (χ4n) is 3.57. The highest BCUT2D eigenvalue weighted by molar-refractivity contribution is 5.96. The fourth-order valence-corrected chi connectivity index (χ4v) is 3.57. The van der Waals surface area contributed by atoms with Crippen LogP contribution in [0.1, 0.15) is 56.2 Å². The number of carbonyl (C=O) groups is 1. The van der Waals surface area contributed by atoms with E-state index < -0.39 is 0 Å². The molecule has 0 spiro atoms. The monoisotopic (exact) mass is 302 g/mol. The Kier molecular flexibility index (Phi) is 5.63. The molecule has 1 saturated carbocycles. The Morgan fingerprint density at radius 3 is 2.32 bits per heavy atom. The van der Waals surface area contributed by atoms with Crippen LogP contribution in [0.4, 0.5) is 5.69 Å². The zero-order valence-corrected chi connectivity index (χ0v) is 14.6. The third kappa shape index (κ3) is 4.10. The van der Waals surface area contributed by atoms with E-state index in [1.54, 1.807) is 0 Å². The largest absolute Gasteiger partial charge is 0.324 e. The van der Waals surface area contributed by atoms with E-state index in [-0.39, 0.29) is 11.9 Å². The minimum absolute atomic E-state index is 0.0628. The van der Waals surface area contributed by atoms with Crippen molar-refractivity contribution >= 4 is 11.6 Å². The normalized spacial score (nSPS) is 23.1. The molecule has 3 nitrogen and oxygen atoms in total. The van der Waals surface area contributed by atoms with Gasteiger partial charge in [0.05, 0.1) is 6.04 Å². The van der Waals surface area contributed by atoms with Crippen LogP contribution < -0.4 is 10.6 Å². The van der Waals surface area contributed by atoms with Gasteiger partial charge in [0, 0.05) is 11.7 Å². The van der Waals surface area contributed by atoms with Crippen LogP contribution in [0.5, 0.6) is 0 Å². The summed E-state index contributed by atoms with van der Waals surface area (Å²) in [6, 6.07) is 4.54. The number of hydrogen-bond donors (Lipinski definition) is 2. The Hall–Kier alpha value is -1.35. The summed E-state index contributed by atoms with van der Waals surface area (Å²) in [5.74, 6) is 0.722. The summed E-state index contributed by atoms with van der Waals surface area (Å²) in [7, 11) is 0. The molecular formula is C19H30N2O. The van der Waals surface area contributed by atoms with Gasteiger partial charge in [0.2, 0.25) is 5.91 Å². The SMILES string of the molecule is Cc1cc(C)c(NC(=O)[C@H](C)N[C@@H]2CCCC[C@@H]2C)c(C)c1. The minimum Gasteiger partial charge on any atom is -0.324 e. The maximum absolute atomic E-state index is 12.5. The minimum atomic E-state index is -0.161. The van der Waals surface area contributed by atoms with Gasteiger partial charge in [-0.25, -0.2) is 0 Å². The van der Waals surface area contributed by atoms with Crippen molar-refractivity contribution in [2.45, 2.75) is 72.4 Å². The van der Waals surface area contributed by atoms with Crippen LogP contribution in [0.25, 0.3) is 0 Å². The average Bonchev–Trinajstić information content (AvgIpc) is 2.45. The number of rotatable bonds is 4. The number of aryl methyl sites for hydroxylation is 3. The van der Waals surface area contributed by atoms with Crippen molar-refractivity contribution in [2.75, 3.05) is 5.32 Å². The number of anilines is 1. The van der Waals surface area contributed by atoms with Crippen molar-refractivity contribution in [1.29, 1.82) is 0 Å². The topological polar surface area (TPSA) is 41.1 Å². The van der Waals surface area contributed by atoms with Crippen molar-refractivity contribution in [3.63, 3.8) is 0 Å². The van der Waals surface area contributed by atoms with Gasteiger partial charge in [0.1, 0.15) is 0 Å². The lowest BCUT2D eigenvalue weighted by atomic mass is 9.85. The van der Waals surface area contributed by atoms with Gasteiger partial charge < -0.3 is 10.6 Å². The van der Waals surface area contributed by atoms with Crippen molar-refractivity contribution in [1.82, 2.24) is 5.32 Å². The molecule has 0 heterocycles. The molecule has 1 fully saturated rings. The second-order valence-electron chi connectivity index (χ2n) is 7.02. The molecule has 0 bridgehead atoms. The van der Waals surface area contributed by atoms with Crippen LogP contribution in [0, 0.1) is 26.7 Å². The van der Waals surface area contributed by atoms with Crippen LogP contribution in [-0.2, 0) is 4.79 Å². The first kappa shape index (κ1) is 17.0. The molecule has 2 N–H and O–H groups in total. The van der Waals surface area contributed by atoms with Gasteiger partial charge >= 0.3 is 0 Å². The molecule has 2 rings (SSSR count). The molecular weight excluding hydrogens is 272 g/mol. The second kappa shape index (κ2) is 7.28. The molecule has 0 unspecified atom stereocenters. The van der Waals surface area contributed by atoms with Gasteiger partial charge in [-0.3, -0.25) is 4.79 Å². The molecule has 3 atom stereocenters. The third-order valence-electron chi connectivity index (χ3n) is 4.89. The Labute approximate surface area is 134 Å². The molecule has 1 amide bonds. The van der Waals surface area contributed by atoms with Crippen molar-refractivity contribution < 1.29 is 4.79 Å². The van der Waals surface area contributed by atoms with Crippen LogP contribution >= 0.6 is 0 Å². The highest BCUT2D eigenvalue weighted by Gasteiger charge is 2.25. The Morgan fingerprint density at radius 2 is 1.73 bits per heavy atom. The molecule has 0 aliphatic heterocycles. The maximum atomic E-state index is 12.5. The van der Waals surface area contributed by atoms with E-state index in [0.717, 1.165) is 16.8 Å². The number of amides is 1. The van der Waals surface area contributed by atoms with Crippen molar-refractivity contribution in [3.05, 3.63) is 28.8 Å². The van der Waals surface area contributed by atoms with E-state index in [1.807, 2.05) is 6.92 Å². The maximum Gasteiger partial charge on any atom is 0.241 e. The van der Waals surface area contributed by atoms with E-state index >= 15 is 0 Å². The van der Waals surface area contributed by atoms with E-state index in [9.17, 15) is 4.79 Å². The van der Waals surface area contributed by atoms with E-state index in [1.165, 1.54) is 31.2 Å². The first-order valence-electron chi connectivity index (χ1n) is 8.53. The summed E-state index contributed by atoms with van der Waals surface area (Å²) in [5.41, 5.74) is 4.45. The number of hydrogen-bond acceptors (Lipinski definition) is 2. The zero-order chi connectivity index (χ0) is 16.3. The quantitative estimate of drug-likeness (QED) is 0.879. The van der Waals surface area contributed by atoms with Gasteiger partial charge in [0.15, 0.2) is 0 Å². The van der Waals surface area contributed by atoms with Gasteiger partial charge in [-0.15, -0.1) is 0 Å². The lowest BCUT2D eigenvalue weighted by Crippen LogP contribution is -2.47. The van der Waals surface area contributed by atoms with Crippen LogP contribution in [-0.4, -0.2) is 18.0 Å². The highest BCUT2D eigenvalue weighted by atomic mass is 16.2. The molecule has 1 aromatic carbocycles. The Bertz CT molecular complexity index is 515. The molecule has 0 radical (unpaired) electrons. The third-order valence-corrected chi connectivity index (χ3v) is 4.89. The lowest BCUT2D eigenvalue weighted by Gasteiger charge is -2.32. The summed E-state index contributed by atoms with van der Waals surface area (Å²) in [6.45, 7) is 10.4. The van der Waals surface area contributed by atoms with E-state index in [2.05, 4.69) is 50.5 Å². The molecule has 0 aromatic heterocycles. The summed E-state index contributed by atoms with van der Waals surface area (Å²) in [5, 5.41) is 6.64. The molecule has 122 valence electrons. The Balaban J connectivity index is 1.99. The summed E-state index contributed by atoms with van der Waals surface area (Å²) >= 11 is 0. The lowest BCUT2D eigenvalue weighted by molar-refractivity contribution is -0.118. The van der Waals surface area contributed by atoms with Gasteiger partial charge in [-0.1, -0.05) is 37.5 Å². The fraction of sp³-hybridized carbons (Fsp3) is 0.632. The van der Waals surface area contributed by atoms with Crippen molar-refractivity contribution in [3.8, 4) is 0 Å². The van der Waals surface area contributed by atoms with Crippen molar-refractivity contribution in [2.24, 2.45) is 5.92 Å². The van der Waals surface area contributed by atoms with Crippen LogP contribution in [0.3, 0.4) is 0 Å².